The van der Waals surface area contributed by atoms with Gasteiger partial charge >= 0.3 is 0 Å². The van der Waals surface area contributed by atoms with Crippen LogP contribution in [0, 0.1) is 5.82 Å². The Morgan fingerprint density at radius 3 is 2.54 bits per heavy atom. The molecule has 0 fully saturated rings. The van der Waals surface area contributed by atoms with Gasteiger partial charge in [0, 0.05) is 30.2 Å². The second-order valence-corrected chi connectivity index (χ2v) is 8.27. The zero-order chi connectivity index (χ0) is 19.2. The first-order chi connectivity index (χ1) is 12.2. The standard InChI is InChI=1S/C18H20ClFN2O3S/c1-26(24,25)22(10-8-14-4-2-5-15(19)12-14)11-9-18(23)21-17-7-3-6-16(20)13-17/h2-7,12-13H,8-11H2,1H3,(H,21,23). The van der Waals surface area contributed by atoms with E-state index >= 15 is 0 Å². The summed E-state index contributed by atoms with van der Waals surface area (Å²) in [5.41, 5.74) is 1.25. The smallest absolute Gasteiger partial charge is 0.225 e. The van der Waals surface area contributed by atoms with Gasteiger partial charge in [-0.15, -0.1) is 0 Å². The summed E-state index contributed by atoms with van der Waals surface area (Å²) in [5.74, 6) is -0.839. The number of nitrogens with zero attached hydrogens (tertiary/aromatic N) is 1. The predicted octanol–water partition coefficient (Wildman–Crippen LogP) is 3.31. The Hall–Kier alpha value is -1.96. The summed E-state index contributed by atoms with van der Waals surface area (Å²) < 4.78 is 38.3. The molecule has 0 saturated heterocycles. The molecule has 0 atom stereocenters. The van der Waals surface area contributed by atoms with Gasteiger partial charge < -0.3 is 5.32 Å². The van der Waals surface area contributed by atoms with E-state index in [-0.39, 0.29) is 25.4 Å². The third kappa shape index (κ3) is 6.74. The number of carbonyl (C=O) groups excluding carboxylic acids is 1. The van der Waals surface area contributed by atoms with Crippen molar-refractivity contribution in [1.29, 1.82) is 0 Å². The Kier molecular flexibility index (Phi) is 7.14. The van der Waals surface area contributed by atoms with Crippen molar-refractivity contribution in [3.05, 3.63) is 64.9 Å². The van der Waals surface area contributed by atoms with E-state index in [0.29, 0.717) is 17.1 Å². The Balaban J connectivity index is 1.92. The van der Waals surface area contributed by atoms with Gasteiger partial charge in [0.1, 0.15) is 5.82 Å². The van der Waals surface area contributed by atoms with Crippen LogP contribution in [0.4, 0.5) is 10.1 Å². The number of anilines is 1. The van der Waals surface area contributed by atoms with Crippen LogP contribution in [-0.2, 0) is 21.2 Å². The summed E-state index contributed by atoms with van der Waals surface area (Å²) in [6, 6.07) is 12.7. The molecule has 0 aromatic heterocycles. The fraction of sp³-hybridized carbons (Fsp3) is 0.278. The topological polar surface area (TPSA) is 66.5 Å². The van der Waals surface area contributed by atoms with Crippen LogP contribution < -0.4 is 5.32 Å². The number of sulfonamides is 1. The monoisotopic (exact) mass is 398 g/mol. The summed E-state index contributed by atoms with van der Waals surface area (Å²) in [5, 5.41) is 3.14. The van der Waals surface area contributed by atoms with Gasteiger partial charge in [-0.3, -0.25) is 4.79 Å². The largest absolute Gasteiger partial charge is 0.326 e. The van der Waals surface area contributed by atoms with E-state index in [1.165, 1.54) is 22.5 Å². The highest BCUT2D eigenvalue weighted by molar-refractivity contribution is 7.88. The molecular formula is C18H20ClFN2O3S. The molecule has 140 valence electrons. The summed E-state index contributed by atoms with van der Waals surface area (Å²) in [6.07, 6.45) is 1.56. The first-order valence-corrected chi connectivity index (χ1v) is 10.2. The molecule has 5 nitrogen and oxygen atoms in total. The van der Waals surface area contributed by atoms with Crippen LogP contribution in [0.3, 0.4) is 0 Å². The number of hydrogen-bond donors (Lipinski definition) is 1. The van der Waals surface area contributed by atoms with Crippen molar-refractivity contribution in [3.63, 3.8) is 0 Å². The Morgan fingerprint density at radius 2 is 1.88 bits per heavy atom. The molecule has 0 aliphatic rings. The van der Waals surface area contributed by atoms with Gasteiger partial charge in [0.2, 0.25) is 15.9 Å². The molecule has 8 heteroatoms. The summed E-state index contributed by atoms with van der Waals surface area (Å²) in [6.45, 7) is 0.285. The highest BCUT2D eigenvalue weighted by Gasteiger charge is 2.18. The Labute approximate surface area is 157 Å². The maximum atomic E-state index is 13.1. The second kappa shape index (κ2) is 9.12. The minimum absolute atomic E-state index is 0.0286. The summed E-state index contributed by atoms with van der Waals surface area (Å²) >= 11 is 5.93. The number of benzene rings is 2. The van der Waals surface area contributed by atoms with Crippen LogP contribution in [0.15, 0.2) is 48.5 Å². The average Bonchev–Trinajstić information content (AvgIpc) is 2.53. The van der Waals surface area contributed by atoms with E-state index in [1.807, 2.05) is 6.07 Å². The predicted molar refractivity (Wildman–Crippen MR) is 101 cm³/mol. The van der Waals surface area contributed by atoms with Crippen molar-refractivity contribution in [2.24, 2.45) is 0 Å². The molecule has 0 aliphatic heterocycles. The van der Waals surface area contributed by atoms with Crippen molar-refractivity contribution >= 4 is 33.2 Å². The third-order valence-corrected chi connectivity index (χ3v) is 5.24. The van der Waals surface area contributed by atoms with Gasteiger partial charge in [-0.05, 0) is 42.3 Å². The summed E-state index contributed by atoms with van der Waals surface area (Å²) in [4.78, 5) is 12.0. The van der Waals surface area contributed by atoms with Crippen LogP contribution in [0.2, 0.25) is 5.02 Å². The number of hydrogen-bond acceptors (Lipinski definition) is 3. The van der Waals surface area contributed by atoms with E-state index in [2.05, 4.69) is 5.32 Å². The van der Waals surface area contributed by atoms with E-state index in [9.17, 15) is 17.6 Å². The van der Waals surface area contributed by atoms with E-state index in [4.69, 9.17) is 11.6 Å². The first-order valence-electron chi connectivity index (χ1n) is 7.99. The van der Waals surface area contributed by atoms with Crippen molar-refractivity contribution in [2.45, 2.75) is 12.8 Å². The van der Waals surface area contributed by atoms with Gasteiger partial charge in [-0.1, -0.05) is 29.8 Å². The van der Waals surface area contributed by atoms with E-state index in [1.54, 1.807) is 24.3 Å². The molecule has 2 rings (SSSR count). The molecule has 2 aromatic rings. The maximum Gasteiger partial charge on any atom is 0.225 e. The molecule has 0 aliphatic carbocycles. The Bertz CT molecular complexity index is 874. The van der Waals surface area contributed by atoms with Gasteiger partial charge in [-0.25, -0.2) is 17.1 Å². The highest BCUT2D eigenvalue weighted by Crippen LogP contribution is 2.13. The zero-order valence-corrected chi connectivity index (χ0v) is 15.9. The van der Waals surface area contributed by atoms with Gasteiger partial charge in [-0.2, -0.15) is 0 Å². The van der Waals surface area contributed by atoms with Gasteiger partial charge in [0.05, 0.1) is 6.26 Å². The number of rotatable bonds is 8. The fourth-order valence-corrected chi connectivity index (χ4v) is 3.46. The molecule has 0 spiro atoms. The van der Waals surface area contributed by atoms with Crippen molar-refractivity contribution in [3.8, 4) is 0 Å². The SMILES string of the molecule is CS(=O)(=O)N(CCC(=O)Nc1cccc(F)c1)CCc1cccc(Cl)c1. The lowest BCUT2D eigenvalue weighted by atomic mass is 10.1. The number of carbonyl (C=O) groups is 1. The zero-order valence-electron chi connectivity index (χ0n) is 14.3. The van der Waals surface area contributed by atoms with Crippen LogP contribution >= 0.6 is 11.6 Å². The molecule has 1 N–H and O–H groups in total. The summed E-state index contributed by atoms with van der Waals surface area (Å²) in [7, 11) is -3.46. The maximum absolute atomic E-state index is 13.1. The molecule has 0 saturated carbocycles. The molecular weight excluding hydrogens is 379 g/mol. The highest BCUT2D eigenvalue weighted by atomic mass is 35.5. The molecule has 0 heterocycles. The molecule has 0 radical (unpaired) electrons. The quantitative estimate of drug-likeness (QED) is 0.741. The molecule has 0 bridgehead atoms. The average molecular weight is 399 g/mol. The van der Waals surface area contributed by atoms with Crippen molar-refractivity contribution in [2.75, 3.05) is 24.7 Å². The Morgan fingerprint density at radius 1 is 1.15 bits per heavy atom. The van der Waals surface area contributed by atoms with Crippen LogP contribution in [0.1, 0.15) is 12.0 Å². The van der Waals surface area contributed by atoms with Crippen LogP contribution in [-0.4, -0.2) is 38.0 Å². The van der Waals surface area contributed by atoms with Gasteiger partial charge in [0.25, 0.3) is 0 Å². The second-order valence-electron chi connectivity index (χ2n) is 5.85. The minimum atomic E-state index is -3.46. The molecule has 1 amide bonds. The third-order valence-electron chi connectivity index (χ3n) is 3.70. The molecule has 26 heavy (non-hydrogen) atoms. The fourth-order valence-electron chi connectivity index (χ4n) is 2.41. The van der Waals surface area contributed by atoms with E-state index in [0.717, 1.165) is 11.8 Å². The van der Waals surface area contributed by atoms with Crippen LogP contribution in [0.5, 0.6) is 0 Å². The lowest BCUT2D eigenvalue weighted by Crippen LogP contribution is -2.34. The van der Waals surface area contributed by atoms with Crippen molar-refractivity contribution in [1.82, 2.24) is 4.31 Å². The van der Waals surface area contributed by atoms with Crippen LogP contribution in [0.25, 0.3) is 0 Å². The number of amides is 1. The molecule has 0 unspecified atom stereocenters. The number of nitrogens with one attached hydrogen (secondary N) is 1. The lowest BCUT2D eigenvalue weighted by molar-refractivity contribution is -0.116. The van der Waals surface area contributed by atoms with Crippen molar-refractivity contribution < 1.29 is 17.6 Å². The number of halogens is 2. The first kappa shape index (κ1) is 20.4. The van der Waals surface area contributed by atoms with Gasteiger partial charge in [0.15, 0.2) is 0 Å². The lowest BCUT2D eigenvalue weighted by Gasteiger charge is -2.19. The molecule has 2 aromatic carbocycles. The minimum Gasteiger partial charge on any atom is -0.326 e. The normalized spacial score (nSPS) is 11.5. The van der Waals surface area contributed by atoms with E-state index < -0.39 is 15.8 Å².